The van der Waals surface area contributed by atoms with Crippen molar-refractivity contribution in [1.29, 1.82) is 0 Å². The van der Waals surface area contributed by atoms with Crippen LogP contribution in [0.5, 0.6) is 5.75 Å². The molecule has 0 bridgehead atoms. The van der Waals surface area contributed by atoms with Crippen LogP contribution in [-0.4, -0.2) is 37.2 Å². The quantitative estimate of drug-likeness (QED) is 0.779. The number of fused-ring (bicyclic) bond motifs is 1. The number of ether oxygens (including phenoxy) is 2. The molecule has 1 aliphatic rings. The van der Waals surface area contributed by atoms with Crippen LogP contribution in [0.4, 0.5) is 5.82 Å². The third-order valence-corrected chi connectivity index (χ3v) is 4.71. The van der Waals surface area contributed by atoms with Crippen LogP contribution in [0, 0.1) is 6.92 Å². The zero-order valence-corrected chi connectivity index (χ0v) is 14.3. The summed E-state index contributed by atoms with van der Waals surface area (Å²) in [6.07, 6.45) is 4.04. The van der Waals surface area contributed by atoms with E-state index in [-0.39, 0.29) is 0 Å². The topological polar surface area (TPSA) is 43.2 Å². The van der Waals surface area contributed by atoms with E-state index >= 15 is 0 Å². The first-order valence-electron chi connectivity index (χ1n) is 7.34. The lowest BCUT2D eigenvalue weighted by Crippen LogP contribution is -2.38. The minimum absolute atomic E-state index is 0.420. The van der Waals surface area contributed by atoms with Gasteiger partial charge in [0.15, 0.2) is 0 Å². The number of carbonyl (C=O) groups is 1. The highest BCUT2D eigenvalue weighted by molar-refractivity contribution is 9.10. The first-order chi connectivity index (χ1) is 10.6. The molecule has 118 valence electrons. The predicted octanol–water partition coefficient (Wildman–Crippen LogP) is 3.16. The van der Waals surface area contributed by atoms with Gasteiger partial charge in [-0.05, 0) is 41.8 Å². The molecule has 0 N–H and O–H groups in total. The molecule has 6 heteroatoms. The third kappa shape index (κ3) is 2.73. The zero-order chi connectivity index (χ0) is 15.7. The van der Waals surface area contributed by atoms with Gasteiger partial charge in [-0.15, -0.1) is 0 Å². The Labute approximate surface area is 137 Å². The number of aromatic nitrogens is 1. The van der Waals surface area contributed by atoms with Crippen molar-refractivity contribution in [3.05, 3.63) is 28.4 Å². The van der Waals surface area contributed by atoms with Crippen molar-refractivity contribution in [1.82, 2.24) is 4.40 Å². The van der Waals surface area contributed by atoms with Crippen molar-refractivity contribution >= 4 is 33.7 Å². The van der Waals surface area contributed by atoms with Crippen LogP contribution < -0.4 is 9.64 Å². The summed E-state index contributed by atoms with van der Waals surface area (Å²) < 4.78 is 13.8. The summed E-state index contributed by atoms with van der Waals surface area (Å²) in [6.45, 7) is 4.04. The second-order valence-electron chi connectivity index (χ2n) is 5.58. The molecule has 0 spiro atoms. The fraction of sp³-hybridized carbons (Fsp3) is 0.438. The van der Waals surface area contributed by atoms with Gasteiger partial charge in [-0.2, -0.15) is 0 Å². The van der Waals surface area contributed by atoms with Gasteiger partial charge in [0.25, 0.3) is 6.47 Å². The van der Waals surface area contributed by atoms with Crippen LogP contribution >= 0.6 is 15.9 Å². The fourth-order valence-electron chi connectivity index (χ4n) is 3.13. The molecule has 5 nitrogen and oxygen atoms in total. The number of halogens is 1. The third-order valence-electron chi connectivity index (χ3n) is 4.28. The monoisotopic (exact) mass is 366 g/mol. The van der Waals surface area contributed by atoms with Gasteiger partial charge in [0.05, 0.1) is 5.52 Å². The number of hydrogen-bond donors (Lipinski definition) is 0. The largest absolute Gasteiger partial charge is 0.428 e. The van der Waals surface area contributed by atoms with Crippen molar-refractivity contribution in [3.63, 3.8) is 0 Å². The van der Waals surface area contributed by atoms with Crippen LogP contribution in [0.15, 0.2) is 22.8 Å². The van der Waals surface area contributed by atoms with E-state index in [2.05, 4.69) is 32.3 Å². The minimum Gasteiger partial charge on any atom is -0.428 e. The molecule has 1 aliphatic heterocycles. The molecule has 0 aromatic carbocycles. The Kier molecular flexibility index (Phi) is 4.40. The van der Waals surface area contributed by atoms with E-state index in [0.29, 0.717) is 18.3 Å². The second kappa shape index (κ2) is 6.30. The normalized spacial score (nSPS) is 16.0. The highest BCUT2D eigenvalue weighted by atomic mass is 79.9. The fourth-order valence-corrected chi connectivity index (χ4v) is 3.57. The molecule has 1 fully saturated rings. The number of anilines is 1. The summed E-state index contributed by atoms with van der Waals surface area (Å²) in [5.41, 5.74) is 1.94. The molecule has 1 saturated heterocycles. The van der Waals surface area contributed by atoms with E-state index in [1.807, 2.05) is 25.3 Å². The van der Waals surface area contributed by atoms with E-state index in [1.54, 1.807) is 0 Å². The summed E-state index contributed by atoms with van der Waals surface area (Å²) in [7, 11) is 2.09. The second-order valence-corrected chi connectivity index (χ2v) is 6.49. The average molecular weight is 367 g/mol. The Bertz CT molecular complexity index is 692. The van der Waals surface area contributed by atoms with Crippen molar-refractivity contribution in [2.75, 3.05) is 25.2 Å². The van der Waals surface area contributed by atoms with Crippen LogP contribution in [0.1, 0.15) is 18.4 Å². The Balaban J connectivity index is 2.12. The van der Waals surface area contributed by atoms with Crippen molar-refractivity contribution in [2.24, 2.45) is 0 Å². The Morgan fingerprint density at radius 3 is 2.82 bits per heavy atom. The van der Waals surface area contributed by atoms with Gasteiger partial charge in [-0.25, -0.2) is 0 Å². The van der Waals surface area contributed by atoms with Crippen LogP contribution in [0.25, 0.3) is 5.52 Å². The number of carbonyl (C=O) groups excluding carboxylic acids is 1. The summed E-state index contributed by atoms with van der Waals surface area (Å²) in [6, 6.07) is 4.32. The Morgan fingerprint density at radius 1 is 1.41 bits per heavy atom. The number of hydrogen-bond acceptors (Lipinski definition) is 4. The summed E-state index contributed by atoms with van der Waals surface area (Å²) in [5.74, 6) is 1.65. The maximum absolute atomic E-state index is 10.8. The van der Waals surface area contributed by atoms with E-state index in [1.165, 1.54) is 0 Å². The molecule has 0 atom stereocenters. The number of nitrogens with zero attached hydrogens (tertiary/aromatic N) is 2. The highest BCUT2D eigenvalue weighted by Gasteiger charge is 2.23. The maximum Gasteiger partial charge on any atom is 0.298 e. The first kappa shape index (κ1) is 15.4. The molecule has 0 radical (unpaired) electrons. The van der Waals surface area contributed by atoms with Crippen molar-refractivity contribution in [3.8, 4) is 5.75 Å². The van der Waals surface area contributed by atoms with E-state index in [9.17, 15) is 4.79 Å². The molecule has 0 unspecified atom stereocenters. The number of pyridine rings is 1. The maximum atomic E-state index is 10.8. The van der Waals surface area contributed by atoms with E-state index in [4.69, 9.17) is 9.47 Å². The van der Waals surface area contributed by atoms with Gasteiger partial charge in [0.2, 0.25) is 0 Å². The highest BCUT2D eigenvalue weighted by Crippen LogP contribution is 2.34. The molecule has 0 saturated carbocycles. The molecule has 2 aromatic heterocycles. The Morgan fingerprint density at radius 2 is 2.14 bits per heavy atom. The van der Waals surface area contributed by atoms with Crippen LogP contribution in [-0.2, 0) is 9.53 Å². The van der Waals surface area contributed by atoms with Gasteiger partial charge in [0, 0.05) is 48.6 Å². The summed E-state index contributed by atoms with van der Waals surface area (Å²) >= 11 is 3.52. The molecule has 2 aromatic rings. The van der Waals surface area contributed by atoms with Crippen LogP contribution in [0.2, 0.25) is 0 Å². The lowest BCUT2D eigenvalue weighted by molar-refractivity contribution is -0.120. The van der Waals surface area contributed by atoms with Gasteiger partial charge >= 0.3 is 0 Å². The molecule has 0 aliphatic carbocycles. The van der Waals surface area contributed by atoms with Gasteiger partial charge in [-0.3, -0.25) is 4.79 Å². The molecule has 3 heterocycles. The molecule has 0 amide bonds. The SMILES string of the molecule is Cc1c(OC=O)cc2cc(Br)cn2c1N(C)C1CCOCC1. The zero-order valence-electron chi connectivity index (χ0n) is 12.7. The molecular formula is C16H19BrN2O3. The Hall–Kier alpha value is -1.53. The van der Waals surface area contributed by atoms with Gasteiger partial charge in [0.1, 0.15) is 11.6 Å². The van der Waals surface area contributed by atoms with Gasteiger partial charge in [-0.1, -0.05) is 0 Å². The predicted molar refractivity (Wildman–Crippen MR) is 88.8 cm³/mol. The van der Waals surface area contributed by atoms with E-state index in [0.717, 1.165) is 47.4 Å². The standard InChI is InChI=1S/C16H19BrN2O3/c1-11-15(22-10-20)8-14-7-12(17)9-19(14)16(11)18(2)13-3-5-21-6-4-13/h7-10,13H,3-6H2,1-2H3. The van der Waals surface area contributed by atoms with Crippen LogP contribution in [0.3, 0.4) is 0 Å². The average Bonchev–Trinajstić information content (AvgIpc) is 2.88. The lowest BCUT2D eigenvalue weighted by Gasteiger charge is -2.34. The first-order valence-corrected chi connectivity index (χ1v) is 8.13. The number of rotatable bonds is 4. The van der Waals surface area contributed by atoms with E-state index < -0.39 is 0 Å². The minimum atomic E-state index is 0.420. The van der Waals surface area contributed by atoms with Crippen molar-refractivity contribution < 1.29 is 14.3 Å². The smallest absolute Gasteiger partial charge is 0.298 e. The van der Waals surface area contributed by atoms with Gasteiger partial charge < -0.3 is 18.8 Å². The summed E-state index contributed by atoms with van der Waals surface area (Å²) in [5, 5.41) is 0. The summed E-state index contributed by atoms with van der Waals surface area (Å²) in [4.78, 5) is 13.1. The molecule has 22 heavy (non-hydrogen) atoms. The molecule has 3 rings (SSSR count). The lowest BCUT2D eigenvalue weighted by atomic mass is 10.1. The van der Waals surface area contributed by atoms with Crippen molar-refractivity contribution in [2.45, 2.75) is 25.8 Å². The molecular weight excluding hydrogens is 348 g/mol.